The first-order valence-electron chi connectivity index (χ1n) is 6.01. The van der Waals surface area contributed by atoms with E-state index in [0.29, 0.717) is 5.56 Å². The first-order chi connectivity index (χ1) is 10.0. The third-order valence-electron chi connectivity index (χ3n) is 2.84. The molecule has 0 aliphatic rings. The van der Waals surface area contributed by atoms with Gasteiger partial charge < -0.3 is 10.7 Å². The molecular weight excluding hydrogens is 279 g/mol. The summed E-state index contributed by atoms with van der Waals surface area (Å²) in [5.41, 5.74) is 2.40. The Kier molecular flexibility index (Phi) is 4.24. The molecular formula is C12H13FN6O2. The number of halogens is 1. The van der Waals surface area contributed by atoms with Crippen molar-refractivity contribution in [1.82, 2.24) is 9.97 Å². The van der Waals surface area contributed by atoms with E-state index in [1.165, 1.54) is 12.1 Å². The van der Waals surface area contributed by atoms with E-state index in [-0.39, 0.29) is 29.2 Å². The molecule has 0 bridgehead atoms. The maximum Gasteiger partial charge on any atom is 0.354 e. The van der Waals surface area contributed by atoms with Crippen LogP contribution in [0.25, 0.3) is 0 Å². The van der Waals surface area contributed by atoms with Crippen molar-refractivity contribution < 1.29 is 9.31 Å². The molecule has 1 atom stereocenters. The van der Waals surface area contributed by atoms with Gasteiger partial charge in [0.25, 0.3) is 0 Å². The van der Waals surface area contributed by atoms with Gasteiger partial charge in [0.2, 0.25) is 11.6 Å². The van der Waals surface area contributed by atoms with Crippen LogP contribution in [0.5, 0.6) is 0 Å². The van der Waals surface area contributed by atoms with Crippen LogP contribution in [0.3, 0.4) is 0 Å². The normalized spacial score (nSPS) is 11.8. The van der Waals surface area contributed by atoms with Gasteiger partial charge in [0.15, 0.2) is 0 Å². The molecule has 1 heterocycles. The van der Waals surface area contributed by atoms with Crippen molar-refractivity contribution in [3.05, 3.63) is 52.1 Å². The van der Waals surface area contributed by atoms with E-state index in [1.54, 1.807) is 19.1 Å². The molecule has 0 aliphatic heterocycles. The molecule has 4 N–H and O–H groups in total. The number of nitrogen functional groups attached to an aromatic ring is 1. The Hall–Kier alpha value is -2.81. The van der Waals surface area contributed by atoms with Crippen LogP contribution >= 0.6 is 0 Å². The van der Waals surface area contributed by atoms with Gasteiger partial charge in [-0.3, -0.25) is 10.1 Å². The predicted octanol–water partition coefficient (Wildman–Crippen LogP) is 1.98. The maximum atomic E-state index is 13.2. The summed E-state index contributed by atoms with van der Waals surface area (Å²) < 4.78 is 13.2. The molecule has 0 radical (unpaired) electrons. The maximum absolute atomic E-state index is 13.2. The number of hydrogen-bond donors (Lipinski definition) is 3. The highest BCUT2D eigenvalue weighted by Gasteiger charge is 2.23. The summed E-state index contributed by atoms with van der Waals surface area (Å²) in [6, 6.07) is 5.53. The third kappa shape index (κ3) is 3.20. The van der Waals surface area contributed by atoms with Crippen LogP contribution in [0.15, 0.2) is 30.6 Å². The molecule has 0 saturated heterocycles. The lowest BCUT2D eigenvalue weighted by Gasteiger charge is -2.15. The molecule has 0 fully saturated rings. The predicted molar refractivity (Wildman–Crippen MR) is 74.9 cm³/mol. The van der Waals surface area contributed by atoms with Crippen LogP contribution in [0.1, 0.15) is 18.5 Å². The SMILES string of the molecule is CC(Nc1ncnc(NN)c1[N+](=O)[O-])c1cccc(F)c1. The number of hydrazine groups is 1. The molecule has 1 aromatic heterocycles. The van der Waals surface area contributed by atoms with E-state index in [2.05, 4.69) is 20.7 Å². The second-order valence-corrected chi connectivity index (χ2v) is 4.24. The second kappa shape index (κ2) is 6.09. The summed E-state index contributed by atoms with van der Waals surface area (Å²) in [6.45, 7) is 1.73. The topological polar surface area (TPSA) is 119 Å². The van der Waals surface area contributed by atoms with Crippen molar-refractivity contribution in [2.45, 2.75) is 13.0 Å². The van der Waals surface area contributed by atoms with Crippen LogP contribution < -0.4 is 16.6 Å². The smallest absolute Gasteiger partial charge is 0.354 e. The van der Waals surface area contributed by atoms with E-state index in [4.69, 9.17) is 5.84 Å². The monoisotopic (exact) mass is 292 g/mol. The second-order valence-electron chi connectivity index (χ2n) is 4.24. The number of nitrogens with zero attached hydrogens (tertiary/aromatic N) is 3. The quantitative estimate of drug-likeness (QED) is 0.438. The van der Waals surface area contributed by atoms with E-state index >= 15 is 0 Å². The van der Waals surface area contributed by atoms with Crippen molar-refractivity contribution in [3.8, 4) is 0 Å². The highest BCUT2D eigenvalue weighted by molar-refractivity contribution is 5.69. The Morgan fingerprint density at radius 3 is 2.71 bits per heavy atom. The molecule has 9 heteroatoms. The summed E-state index contributed by atoms with van der Waals surface area (Å²) in [6.07, 6.45) is 1.14. The van der Waals surface area contributed by atoms with E-state index in [9.17, 15) is 14.5 Å². The first-order valence-corrected chi connectivity index (χ1v) is 6.01. The molecule has 0 saturated carbocycles. The fourth-order valence-corrected chi connectivity index (χ4v) is 1.83. The number of rotatable bonds is 5. The minimum Gasteiger partial charge on any atom is -0.358 e. The number of aromatic nitrogens is 2. The van der Waals surface area contributed by atoms with E-state index in [1.807, 2.05) is 0 Å². The molecule has 110 valence electrons. The Morgan fingerprint density at radius 2 is 2.10 bits per heavy atom. The van der Waals surface area contributed by atoms with Crippen LogP contribution in [0.2, 0.25) is 0 Å². The minimum atomic E-state index is -0.643. The van der Waals surface area contributed by atoms with Gasteiger partial charge in [0, 0.05) is 0 Å². The van der Waals surface area contributed by atoms with Gasteiger partial charge in [0.05, 0.1) is 11.0 Å². The van der Waals surface area contributed by atoms with Gasteiger partial charge in [-0.2, -0.15) is 0 Å². The van der Waals surface area contributed by atoms with Gasteiger partial charge in [-0.05, 0) is 24.6 Å². The lowest BCUT2D eigenvalue weighted by atomic mass is 10.1. The number of benzene rings is 1. The van der Waals surface area contributed by atoms with Gasteiger partial charge >= 0.3 is 5.69 Å². The molecule has 0 aliphatic carbocycles. The van der Waals surface area contributed by atoms with Crippen molar-refractivity contribution >= 4 is 17.3 Å². The zero-order chi connectivity index (χ0) is 15.4. The Morgan fingerprint density at radius 1 is 1.38 bits per heavy atom. The zero-order valence-corrected chi connectivity index (χ0v) is 11.1. The molecule has 8 nitrogen and oxygen atoms in total. The van der Waals surface area contributed by atoms with E-state index < -0.39 is 4.92 Å². The lowest BCUT2D eigenvalue weighted by molar-refractivity contribution is -0.383. The fraction of sp³-hybridized carbons (Fsp3) is 0.167. The molecule has 2 aromatic rings. The summed E-state index contributed by atoms with van der Waals surface area (Å²) in [5.74, 6) is 4.70. The van der Waals surface area contributed by atoms with Crippen LogP contribution in [-0.2, 0) is 0 Å². The molecule has 21 heavy (non-hydrogen) atoms. The molecule has 2 rings (SSSR count). The van der Waals surface area contributed by atoms with Gasteiger partial charge in [-0.1, -0.05) is 12.1 Å². The average Bonchev–Trinajstić information content (AvgIpc) is 2.46. The average molecular weight is 292 g/mol. The van der Waals surface area contributed by atoms with Crippen molar-refractivity contribution in [3.63, 3.8) is 0 Å². The molecule has 0 amide bonds. The zero-order valence-electron chi connectivity index (χ0n) is 11.1. The fourth-order valence-electron chi connectivity index (χ4n) is 1.83. The highest BCUT2D eigenvalue weighted by atomic mass is 19.1. The minimum absolute atomic E-state index is 0.000267. The first kappa shape index (κ1) is 14.6. The number of anilines is 2. The van der Waals surface area contributed by atoms with Gasteiger partial charge in [0.1, 0.15) is 12.1 Å². The number of nitrogens with one attached hydrogen (secondary N) is 2. The molecule has 1 aromatic carbocycles. The summed E-state index contributed by atoms with van der Waals surface area (Å²) >= 11 is 0. The third-order valence-corrected chi connectivity index (χ3v) is 2.84. The summed E-state index contributed by atoms with van der Waals surface area (Å²) in [5, 5.41) is 14.0. The number of hydrogen-bond acceptors (Lipinski definition) is 7. The Balaban J connectivity index is 2.33. The van der Waals surface area contributed by atoms with Crippen LogP contribution in [0.4, 0.5) is 21.7 Å². The lowest BCUT2D eigenvalue weighted by Crippen LogP contribution is -2.15. The van der Waals surface area contributed by atoms with Crippen LogP contribution in [0, 0.1) is 15.9 Å². The van der Waals surface area contributed by atoms with Crippen molar-refractivity contribution in [2.75, 3.05) is 10.7 Å². The van der Waals surface area contributed by atoms with Gasteiger partial charge in [-0.25, -0.2) is 20.2 Å². The summed E-state index contributed by atoms with van der Waals surface area (Å²) in [7, 11) is 0. The number of nitrogens with two attached hydrogens (primary N) is 1. The Bertz CT molecular complexity index is 666. The van der Waals surface area contributed by atoms with Crippen molar-refractivity contribution in [1.29, 1.82) is 0 Å². The Labute approximate surface area is 119 Å². The van der Waals surface area contributed by atoms with Crippen molar-refractivity contribution in [2.24, 2.45) is 5.84 Å². The standard InChI is InChI=1S/C12H13FN6O2/c1-7(8-3-2-4-9(13)5-8)17-11-10(19(20)21)12(18-14)16-6-15-11/h2-7H,14H2,1H3,(H2,15,16,17,18). The summed E-state index contributed by atoms with van der Waals surface area (Å²) in [4.78, 5) is 18.0. The number of nitro groups is 1. The van der Waals surface area contributed by atoms with E-state index in [0.717, 1.165) is 6.33 Å². The molecule has 0 spiro atoms. The highest BCUT2D eigenvalue weighted by Crippen LogP contribution is 2.30. The van der Waals surface area contributed by atoms with Gasteiger partial charge in [-0.15, -0.1) is 0 Å². The largest absolute Gasteiger partial charge is 0.358 e. The van der Waals surface area contributed by atoms with Crippen LogP contribution in [-0.4, -0.2) is 14.9 Å². The molecule has 1 unspecified atom stereocenters.